The molecule has 1 aliphatic heterocycles. The van der Waals surface area contributed by atoms with Gasteiger partial charge in [-0.2, -0.15) is 4.31 Å². The van der Waals surface area contributed by atoms with E-state index < -0.39 is 25.9 Å². The first kappa shape index (κ1) is 22.5. The summed E-state index contributed by atoms with van der Waals surface area (Å²) in [7, 11) is -7.50. The van der Waals surface area contributed by atoms with Gasteiger partial charge >= 0.3 is 0 Å². The SMILES string of the molecule is O=S(=O)(Cc1ccc(Cl)c(Cl)c1)N1CCCN(S(=O)(=O)c2ccc(F)cc2)CC1. The third-order valence-electron chi connectivity index (χ3n) is 4.59. The Morgan fingerprint density at radius 1 is 0.828 bits per heavy atom. The van der Waals surface area contributed by atoms with Crippen LogP contribution in [-0.4, -0.2) is 51.6 Å². The molecule has 2 aromatic carbocycles. The third-order valence-corrected chi connectivity index (χ3v) is 9.09. The lowest BCUT2D eigenvalue weighted by molar-refractivity contribution is 0.404. The predicted molar refractivity (Wildman–Crippen MR) is 110 cm³/mol. The van der Waals surface area contributed by atoms with Gasteiger partial charge < -0.3 is 0 Å². The van der Waals surface area contributed by atoms with Crippen LogP contribution >= 0.6 is 23.2 Å². The maximum Gasteiger partial charge on any atom is 0.243 e. The molecule has 0 bridgehead atoms. The van der Waals surface area contributed by atoms with Crippen molar-refractivity contribution in [3.8, 4) is 0 Å². The van der Waals surface area contributed by atoms with Crippen LogP contribution in [-0.2, 0) is 25.8 Å². The molecule has 1 saturated heterocycles. The van der Waals surface area contributed by atoms with Gasteiger partial charge in [0.25, 0.3) is 0 Å². The summed E-state index contributed by atoms with van der Waals surface area (Å²) in [5.41, 5.74) is 0.499. The van der Waals surface area contributed by atoms with E-state index in [0.29, 0.717) is 17.0 Å². The van der Waals surface area contributed by atoms with Gasteiger partial charge in [-0.25, -0.2) is 25.5 Å². The number of halogens is 3. The molecule has 0 aliphatic carbocycles. The van der Waals surface area contributed by atoms with E-state index in [1.54, 1.807) is 6.07 Å². The smallest absolute Gasteiger partial charge is 0.212 e. The lowest BCUT2D eigenvalue weighted by Crippen LogP contribution is -2.37. The molecule has 0 amide bonds. The van der Waals surface area contributed by atoms with E-state index in [2.05, 4.69) is 0 Å². The van der Waals surface area contributed by atoms with Crippen LogP contribution in [0.2, 0.25) is 10.0 Å². The van der Waals surface area contributed by atoms with Crippen LogP contribution in [0, 0.1) is 5.82 Å². The monoisotopic (exact) mass is 480 g/mol. The van der Waals surface area contributed by atoms with Gasteiger partial charge in [0.1, 0.15) is 5.82 Å². The average Bonchev–Trinajstić information content (AvgIpc) is 2.92. The van der Waals surface area contributed by atoms with Crippen LogP contribution in [0.25, 0.3) is 0 Å². The van der Waals surface area contributed by atoms with Crippen molar-refractivity contribution in [2.24, 2.45) is 0 Å². The molecule has 1 aliphatic rings. The Bertz CT molecular complexity index is 1090. The Morgan fingerprint density at radius 2 is 1.45 bits per heavy atom. The second-order valence-electron chi connectivity index (χ2n) is 6.62. The minimum absolute atomic E-state index is 0.0142. The molecule has 0 unspecified atom stereocenters. The van der Waals surface area contributed by atoms with E-state index in [1.165, 1.54) is 32.9 Å². The van der Waals surface area contributed by atoms with Crippen molar-refractivity contribution in [2.75, 3.05) is 26.2 Å². The van der Waals surface area contributed by atoms with Crippen LogP contribution in [0.4, 0.5) is 4.39 Å². The first-order valence-corrected chi connectivity index (χ1v) is 12.6. The van der Waals surface area contributed by atoms with Crippen molar-refractivity contribution in [1.82, 2.24) is 8.61 Å². The van der Waals surface area contributed by atoms with Crippen molar-refractivity contribution in [2.45, 2.75) is 17.1 Å². The highest BCUT2D eigenvalue weighted by Gasteiger charge is 2.31. The predicted octanol–water partition coefficient (Wildman–Crippen LogP) is 3.36. The molecule has 0 spiro atoms. The summed E-state index contributed by atoms with van der Waals surface area (Å²) in [6, 6.07) is 9.20. The van der Waals surface area contributed by atoms with Gasteiger partial charge in [-0.3, -0.25) is 0 Å². The van der Waals surface area contributed by atoms with Crippen molar-refractivity contribution >= 4 is 43.2 Å². The maximum absolute atomic E-state index is 13.1. The Balaban J connectivity index is 1.73. The highest BCUT2D eigenvalue weighted by atomic mass is 35.5. The molecule has 6 nitrogen and oxygen atoms in total. The van der Waals surface area contributed by atoms with Crippen LogP contribution in [0.3, 0.4) is 0 Å². The minimum atomic E-state index is -3.83. The van der Waals surface area contributed by atoms with E-state index in [9.17, 15) is 21.2 Å². The lowest BCUT2D eigenvalue weighted by atomic mass is 10.2. The van der Waals surface area contributed by atoms with Crippen LogP contribution in [0.1, 0.15) is 12.0 Å². The fraction of sp³-hybridized carbons (Fsp3) is 0.333. The Labute approximate surface area is 179 Å². The van der Waals surface area contributed by atoms with E-state index in [-0.39, 0.29) is 41.8 Å². The number of nitrogens with zero attached hydrogens (tertiary/aromatic N) is 2. The van der Waals surface area contributed by atoms with Gasteiger partial charge in [0.15, 0.2) is 0 Å². The summed E-state index contributed by atoms with van der Waals surface area (Å²) in [6.45, 7) is 0.433. The molecule has 0 radical (unpaired) electrons. The molecule has 11 heteroatoms. The summed E-state index contributed by atoms with van der Waals surface area (Å²) in [5.74, 6) is -0.784. The summed E-state index contributed by atoms with van der Waals surface area (Å²) in [4.78, 5) is -0.0222. The van der Waals surface area contributed by atoms with Crippen molar-refractivity contribution in [3.63, 3.8) is 0 Å². The van der Waals surface area contributed by atoms with Gasteiger partial charge in [0.2, 0.25) is 20.0 Å². The van der Waals surface area contributed by atoms with E-state index in [0.717, 1.165) is 12.1 Å². The summed E-state index contributed by atoms with van der Waals surface area (Å²) < 4.78 is 66.8. The van der Waals surface area contributed by atoms with E-state index in [4.69, 9.17) is 23.2 Å². The molecule has 29 heavy (non-hydrogen) atoms. The Hall–Kier alpha value is -1.23. The molecule has 0 aromatic heterocycles. The molecule has 0 N–H and O–H groups in total. The second-order valence-corrected chi connectivity index (χ2v) is 11.3. The normalized spacial score (nSPS) is 17.2. The third kappa shape index (κ3) is 5.28. The van der Waals surface area contributed by atoms with Gasteiger partial charge in [-0.1, -0.05) is 29.3 Å². The number of hydrogen-bond donors (Lipinski definition) is 0. The number of benzene rings is 2. The number of hydrogen-bond acceptors (Lipinski definition) is 4. The average molecular weight is 481 g/mol. The zero-order valence-corrected chi connectivity index (χ0v) is 18.4. The first-order chi connectivity index (χ1) is 13.6. The van der Waals surface area contributed by atoms with Crippen molar-refractivity contribution in [3.05, 3.63) is 63.9 Å². The highest BCUT2D eigenvalue weighted by molar-refractivity contribution is 7.89. The van der Waals surface area contributed by atoms with Crippen LogP contribution < -0.4 is 0 Å². The minimum Gasteiger partial charge on any atom is -0.212 e. The fourth-order valence-corrected chi connectivity index (χ4v) is 6.42. The Kier molecular flexibility index (Phi) is 6.87. The topological polar surface area (TPSA) is 74.8 Å². The number of rotatable bonds is 5. The van der Waals surface area contributed by atoms with Gasteiger partial charge in [-0.15, -0.1) is 0 Å². The molecule has 158 valence electrons. The van der Waals surface area contributed by atoms with Gasteiger partial charge in [0, 0.05) is 26.2 Å². The highest BCUT2D eigenvalue weighted by Crippen LogP contribution is 2.25. The van der Waals surface area contributed by atoms with E-state index in [1.807, 2.05) is 0 Å². The van der Waals surface area contributed by atoms with Crippen molar-refractivity contribution in [1.29, 1.82) is 0 Å². The van der Waals surface area contributed by atoms with Crippen LogP contribution in [0.15, 0.2) is 47.4 Å². The van der Waals surface area contributed by atoms with Gasteiger partial charge in [0.05, 0.1) is 20.7 Å². The Morgan fingerprint density at radius 3 is 2.10 bits per heavy atom. The lowest BCUT2D eigenvalue weighted by Gasteiger charge is -2.22. The zero-order chi connectivity index (χ0) is 21.2. The van der Waals surface area contributed by atoms with E-state index >= 15 is 0 Å². The summed E-state index contributed by atoms with van der Waals surface area (Å²) >= 11 is 11.8. The largest absolute Gasteiger partial charge is 0.243 e. The second kappa shape index (κ2) is 8.87. The maximum atomic E-state index is 13.1. The van der Waals surface area contributed by atoms with Crippen molar-refractivity contribution < 1.29 is 21.2 Å². The molecule has 1 heterocycles. The van der Waals surface area contributed by atoms with Crippen LogP contribution in [0.5, 0.6) is 0 Å². The molecular formula is C18H19Cl2FN2O4S2. The quantitative estimate of drug-likeness (QED) is 0.657. The molecule has 0 saturated carbocycles. The molecule has 3 rings (SSSR count). The summed E-state index contributed by atoms with van der Waals surface area (Å²) in [5, 5.41) is 0.607. The zero-order valence-electron chi connectivity index (χ0n) is 15.3. The first-order valence-electron chi connectivity index (χ1n) is 8.77. The fourth-order valence-electron chi connectivity index (χ4n) is 3.08. The molecule has 2 aromatic rings. The molecule has 1 fully saturated rings. The standard InChI is InChI=1S/C18H19Cl2FN2O4S2/c19-17-7-2-14(12-18(17)20)13-28(24,25)22-8-1-9-23(11-10-22)29(26,27)16-5-3-15(21)4-6-16/h2-7,12H,1,8-11,13H2. The van der Waals surface area contributed by atoms with Gasteiger partial charge in [-0.05, 0) is 48.4 Å². The molecular weight excluding hydrogens is 462 g/mol. The molecule has 0 atom stereocenters. The summed E-state index contributed by atoms with van der Waals surface area (Å²) in [6.07, 6.45) is 0.348. The number of sulfonamides is 2.